The first-order valence-electron chi connectivity index (χ1n) is 4.81. The highest BCUT2D eigenvalue weighted by Crippen LogP contribution is 2.02. The standard InChI is InChI=1S/C10H16N2O2/c1-7(2)4-5-11-10(13)9-6-8(3)12-14-9/h6-7H,4-5H2,1-3H3,(H,11,13). The van der Waals surface area contributed by atoms with Crippen LogP contribution in [0, 0.1) is 12.8 Å². The molecule has 0 aliphatic heterocycles. The summed E-state index contributed by atoms with van der Waals surface area (Å²) >= 11 is 0. The Labute approximate surface area is 83.7 Å². The number of carbonyl (C=O) groups is 1. The van der Waals surface area contributed by atoms with Crippen LogP contribution in [-0.2, 0) is 0 Å². The first-order valence-corrected chi connectivity index (χ1v) is 4.81. The van der Waals surface area contributed by atoms with E-state index in [1.54, 1.807) is 13.0 Å². The van der Waals surface area contributed by atoms with Crippen LogP contribution in [0.3, 0.4) is 0 Å². The molecule has 0 unspecified atom stereocenters. The summed E-state index contributed by atoms with van der Waals surface area (Å²) in [6.45, 7) is 6.69. The largest absolute Gasteiger partial charge is 0.351 e. The van der Waals surface area contributed by atoms with E-state index in [4.69, 9.17) is 4.52 Å². The summed E-state index contributed by atoms with van der Waals surface area (Å²) in [6, 6.07) is 1.63. The SMILES string of the molecule is Cc1cc(C(=O)NCCC(C)C)on1. The monoisotopic (exact) mass is 196 g/mol. The van der Waals surface area contributed by atoms with E-state index in [0.29, 0.717) is 12.5 Å². The second-order valence-electron chi connectivity index (χ2n) is 3.77. The van der Waals surface area contributed by atoms with Crippen molar-refractivity contribution in [3.05, 3.63) is 17.5 Å². The van der Waals surface area contributed by atoms with E-state index in [-0.39, 0.29) is 11.7 Å². The molecule has 0 spiro atoms. The number of nitrogens with one attached hydrogen (secondary N) is 1. The number of amides is 1. The number of nitrogens with zero attached hydrogens (tertiary/aromatic N) is 1. The molecule has 0 atom stereocenters. The molecule has 0 radical (unpaired) electrons. The molecule has 4 heteroatoms. The number of rotatable bonds is 4. The van der Waals surface area contributed by atoms with E-state index in [1.165, 1.54) is 0 Å². The predicted octanol–water partition coefficient (Wildman–Crippen LogP) is 1.76. The van der Waals surface area contributed by atoms with Crippen LogP contribution in [0.1, 0.15) is 36.5 Å². The van der Waals surface area contributed by atoms with Crippen LogP contribution in [-0.4, -0.2) is 17.6 Å². The van der Waals surface area contributed by atoms with Crippen molar-refractivity contribution in [1.29, 1.82) is 0 Å². The van der Waals surface area contributed by atoms with E-state index in [0.717, 1.165) is 12.1 Å². The second kappa shape index (κ2) is 4.79. The van der Waals surface area contributed by atoms with Crippen molar-refractivity contribution in [2.75, 3.05) is 6.54 Å². The smallest absolute Gasteiger partial charge is 0.289 e. The van der Waals surface area contributed by atoms with Gasteiger partial charge in [-0.05, 0) is 19.3 Å². The van der Waals surface area contributed by atoms with E-state index in [1.807, 2.05) is 0 Å². The van der Waals surface area contributed by atoms with Gasteiger partial charge in [0.15, 0.2) is 0 Å². The van der Waals surface area contributed by atoms with Gasteiger partial charge < -0.3 is 9.84 Å². The van der Waals surface area contributed by atoms with Crippen LogP contribution in [0.15, 0.2) is 10.6 Å². The summed E-state index contributed by atoms with van der Waals surface area (Å²) in [5, 5.41) is 6.42. The topological polar surface area (TPSA) is 55.1 Å². The van der Waals surface area contributed by atoms with Crippen LogP contribution >= 0.6 is 0 Å². The van der Waals surface area contributed by atoms with Gasteiger partial charge in [-0.25, -0.2) is 0 Å². The molecule has 1 aromatic rings. The maximum absolute atomic E-state index is 11.4. The summed E-state index contributed by atoms with van der Waals surface area (Å²) in [5.41, 5.74) is 0.721. The van der Waals surface area contributed by atoms with Gasteiger partial charge in [-0.2, -0.15) is 0 Å². The first-order chi connectivity index (χ1) is 6.59. The minimum atomic E-state index is -0.189. The highest BCUT2D eigenvalue weighted by molar-refractivity contribution is 5.91. The third-order valence-corrected chi connectivity index (χ3v) is 1.86. The molecule has 0 fully saturated rings. The average molecular weight is 196 g/mol. The average Bonchev–Trinajstić information content (AvgIpc) is 2.51. The van der Waals surface area contributed by atoms with Gasteiger partial charge in [0.1, 0.15) is 0 Å². The zero-order valence-corrected chi connectivity index (χ0v) is 8.83. The van der Waals surface area contributed by atoms with Crippen LogP contribution in [0.4, 0.5) is 0 Å². The second-order valence-corrected chi connectivity index (χ2v) is 3.77. The molecule has 1 N–H and O–H groups in total. The molecule has 0 aliphatic rings. The summed E-state index contributed by atoms with van der Waals surface area (Å²) < 4.78 is 4.82. The molecule has 4 nitrogen and oxygen atoms in total. The molecule has 1 aromatic heterocycles. The van der Waals surface area contributed by atoms with Gasteiger partial charge in [-0.15, -0.1) is 0 Å². The summed E-state index contributed by atoms with van der Waals surface area (Å²) in [5.74, 6) is 0.685. The predicted molar refractivity (Wildman–Crippen MR) is 53.0 cm³/mol. The van der Waals surface area contributed by atoms with Gasteiger partial charge in [0.2, 0.25) is 5.76 Å². The van der Waals surface area contributed by atoms with Gasteiger partial charge in [0.05, 0.1) is 5.69 Å². The van der Waals surface area contributed by atoms with Gasteiger partial charge in [0.25, 0.3) is 5.91 Å². The third-order valence-electron chi connectivity index (χ3n) is 1.86. The number of aryl methyl sites for hydroxylation is 1. The Balaban J connectivity index is 2.36. The minimum Gasteiger partial charge on any atom is -0.351 e. The fourth-order valence-corrected chi connectivity index (χ4v) is 1.03. The van der Waals surface area contributed by atoms with Crippen molar-refractivity contribution >= 4 is 5.91 Å². The quantitative estimate of drug-likeness (QED) is 0.798. The molecule has 0 bridgehead atoms. The third kappa shape index (κ3) is 3.20. The normalized spacial score (nSPS) is 10.6. The summed E-state index contributed by atoms with van der Waals surface area (Å²) in [7, 11) is 0. The lowest BCUT2D eigenvalue weighted by atomic mass is 10.1. The molecular formula is C10H16N2O2. The lowest BCUT2D eigenvalue weighted by Crippen LogP contribution is -2.24. The Morgan fingerprint density at radius 3 is 2.86 bits per heavy atom. The lowest BCUT2D eigenvalue weighted by Gasteiger charge is -2.04. The molecule has 1 amide bonds. The fourth-order valence-electron chi connectivity index (χ4n) is 1.03. The number of aromatic nitrogens is 1. The Morgan fingerprint density at radius 2 is 2.36 bits per heavy atom. The van der Waals surface area contributed by atoms with E-state index in [9.17, 15) is 4.79 Å². The Hall–Kier alpha value is -1.32. The van der Waals surface area contributed by atoms with Gasteiger partial charge in [-0.3, -0.25) is 4.79 Å². The molecule has 1 rings (SSSR count). The van der Waals surface area contributed by atoms with Crippen molar-refractivity contribution in [3.8, 4) is 0 Å². The molecule has 0 aromatic carbocycles. The van der Waals surface area contributed by atoms with E-state index in [2.05, 4.69) is 24.3 Å². The maximum Gasteiger partial charge on any atom is 0.289 e. The summed E-state index contributed by atoms with van der Waals surface area (Å²) in [4.78, 5) is 11.4. The van der Waals surface area contributed by atoms with Crippen molar-refractivity contribution in [2.45, 2.75) is 27.2 Å². The summed E-state index contributed by atoms with van der Waals surface area (Å²) in [6.07, 6.45) is 0.971. The van der Waals surface area contributed by atoms with E-state index < -0.39 is 0 Å². The molecule has 1 heterocycles. The molecule has 0 aliphatic carbocycles. The number of hydrogen-bond acceptors (Lipinski definition) is 3. The van der Waals surface area contributed by atoms with Crippen LogP contribution in [0.25, 0.3) is 0 Å². The maximum atomic E-state index is 11.4. The van der Waals surface area contributed by atoms with Crippen LogP contribution in [0.2, 0.25) is 0 Å². The highest BCUT2D eigenvalue weighted by atomic mass is 16.5. The zero-order chi connectivity index (χ0) is 10.6. The van der Waals surface area contributed by atoms with Crippen LogP contribution < -0.4 is 5.32 Å². The number of carbonyl (C=O) groups excluding carboxylic acids is 1. The van der Waals surface area contributed by atoms with Crippen molar-refractivity contribution in [3.63, 3.8) is 0 Å². The van der Waals surface area contributed by atoms with E-state index >= 15 is 0 Å². The number of hydrogen-bond donors (Lipinski definition) is 1. The van der Waals surface area contributed by atoms with Crippen molar-refractivity contribution in [1.82, 2.24) is 10.5 Å². The van der Waals surface area contributed by atoms with Crippen LogP contribution in [0.5, 0.6) is 0 Å². The molecule has 14 heavy (non-hydrogen) atoms. The first kappa shape index (κ1) is 10.8. The molecule has 0 saturated heterocycles. The zero-order valence-electron chi connectivity index (χ0n) is 8.83. The fraction of sp³-hybridized carbons (Fsp3) is 0.600. The minimum absolute atomic E-state index is 0.189. The highest BCUT2D eigenvalue weighted by Gasteiger charge is 2.10. The van der Waals surface area contributed by atoms with Gasteiger partial charge in [0, 0.05) is 12.6 Å². The van der Waals surface area contributed by atoms with Crippen molar-refractivity contribution < 1.29 is 9.32 Å². The van der Waals surface area contributed by atoms with Crippen molar-refractivity contribution in [2.24, 2.45) is 5.92 Å². The molecule has 0 saturated carbocycles. The lowest BCUT2D eigenvalue weighted by molar-refractivity contribution is 0.0915. The Kier molecular flexibility index (Phi) is 3.68. The molecular weight excluding hydrogens is 180 g/mol. The molecule has 78 valence electrons. The van der Waals surface area contributed by atoms with Gasteiger partial charge >= 0.3 is 0 Å². The van der Waals surface area contributed by atoms with Gasteiger partial charge in [-0.1, -0.05) is 19.0 Å². The Bertz CT molecular complexity index is 305. The Morgan fingerprint density at radius 1 is 1.64 bits per heavy atom.